The van der Waals surface area contributed by atoms with Crippen molar-refractivity contribution in [3.8, 4) is 0 Å². The van der Waals surface area contributed by atoms with Crippen molar-refractivity contribution in [1.82, 2.24) is 4.98 Å². The van der Waals surface area contributed by atoms with E-state index in [2.05, 4.69) is 16.6 Å². The van der Waals surface area contributed by atoms with E-state index in [0.29, 0.717) is 0 Å². The molecule has 0 amide bonds. The van der Waals surface area contributed by atoms with Gasteiger partial charge in [-0.3, -0.25) is 9.98 Å². The number of hydrogen-bond donors (Lipinski definition) is 0. The first-order chi connectivity index (χ1) is 4.93. The molecule has 0 unspecified atom stereocenters. The van der Waals surface area contributed by atoms with Crippen molar-refractivity contribution in [2.45, 2.75) is 0 Å². The highest BCUT2D eigenvalue weighted by Crippen LogP contribution is 2.05. The zero-order valence-corrected chi connectivity index (χ0v) is 5.57. The van der Waals surface area contributed by atoms with Crippen molar-refractivity contribution in [3.63, 3.8) is 0 Å². The van der Waals surface area contributed by atoms with Gasteiger partial charge in [0, 0.05) is 12.4 Å². The minimum Gasteiger partial charge on any atom is -0.262 e. The molecule has 1 rings (SSSR count). The molecule has 0 bridgehead atoms. The van der Waals surface area contributed by atoms with E-state index >= 15 is 0 Å². The van der Waals surface area contributed by atoms with E-state index in [9.17, 15) is 0 Å². The van der Waals surface area contributed by atoms with Gasteiger partial charge in [0.2, 0.25) is 0 Å². The fraction of sp³-hybridized carbons (Fsp3) is 0. The average Bonchev–Trinajstić information content (AvgIpc) is 2.03. The summed E-state index contributed by atoms with van der Waals surface area (Å²) in [5.74, 6) is 0. The molecule has 1 aromatic heterocycles. The minimum atomic E-state index is 0.849. The van der Waals surface area contributed by atoms with Gasteiger partial charge in [-0.25, -0.2) is 0 Å². The Morgan fingerprint density at radius 3 is 3.10 bits per heavy atom. The van der Waals surface area contributed by atoms with Crippen LogP contribution < -0.4 is 0 Å². The zero-order chi connectivity index (χ0) is 7.23. The van der Waals surface area contributed by atoms with E-state index in [1.54, 1.807) is 24.7 Å². The molecule has 0 aliphatic carbocycles. The summed E-state index contributed by atoms with van der Waals surface area (Å²) in [5, 5.41) is 0. The molecule has 1 heterocycles. The molecular formula is C8H8N2. The number of allylic oxidation sites excluding steroid dienone is 1. The molecule has 2 heteroatoms. The van der Waals surface area contributed by atoms with Gasteiger partial charge in [-0.2, -0.15) is 0 Å². The first kappa shape index (κ1) is 6.68. The maximum atomic E-state index is 4.02. The van der Waals surface area contributed by atoms with Gasteiger partial charge in [0.25, 0.3) is 0 Å². The molecule has 0 spiro atoms. The average molecular weight is 132 g/mol. The highest BCUT2D eigenvalue weighted by molar-refractivity contribution is 5.73. The van der Waals surface area contributed by atoms with Crippen LogP contribution in [0.3, 0.4) is 0 Å². The van der Waals surface area contributed by atoms with E-state index in [-0.39, 0.29) is 0 Å². The number of rotatable bonds is 2. The van der Waals surface area contributed by atoms with Crippen LogP contribution in [-0.2, 0) is 0 Å². The van der Waals surface area contributed by atoms with Crippen molar-refractivity contribution >= 4 is 11.9 Å². The third-order valence-electron chi connectivity index (χ3n) is 0.975. The number of aliphatic imine (C=N–C) groups is 1. The Morgan fingerprint density at radius 1 is 1.60 bits per heavy atom. The largest absolute Gasteiger partial charge is 0.262 e. The van der Waals surface area contributed by atoms with Gasteiger partial charge >= 0.3 is 0 Å². The lowest BCUT2D eigenvalue weighted by Crippen LogP contribution is -1.68. The van der Waals surface area contributed by atoms with E-state index in [0.717, 1.165) is 5.69 Å². The van der Waals surface area contributed by atoms with Gasteiger partial charge in [0.15, 0.2) is 0 Å². The smallest absolute Gasteiger partial charge is 0.0812 e. The molecule has 1 aromatic rings. The molecule has 0 N–H and O–H groups in total. The Bertz CT molecular complexity index is 226. The van der Waals surface area contributed by atoms with Crippen LogP contribution in [0.1, 0.15) is 0 Å². The van der Waals surface area contributed by atoms with Crippen molar-refractivity contribution < 1.29 is 0 Å². The molecule has 0 radical (unpaired) electrons. The maximum absolute atomic E-state index is 4.02. The van der Waals surface area contributed by atoms with E-state index in [1.165, 1.54) is 0 Å². The van der Waals surface area contributed by atoms with Crippen LogP contribution in [0.2, 0.25) is 0 Å². The van der Waals surface area contributed by atoms with Crippen LogP contribution in [-0.4, -0.2) is 11.2 Å². The van der Waals surface area contributed by atoms with Crippen LogP contribution in [0.25, 0.3) is 0 Å². The summed E-state index contributed by atoms with van der Waals surface area (Å²) in [7, 11) is 0. The number of aromatic nitrogens is 1. The SMILES string of the molecule is C=CC=Nc1cccnc1. The predicted molar refractivity (Wildman–Crippen MR) is 42.6 cm³/mol. The summed E-state index contributed by atoms with van der Waals surface area (Å²) < 4.78 is 0. The summed E-state index contributed by atoms with van der Waals surface area (Å²) in [6.07, 6.45) is 6.68. The number of pyridine rings is 1. The first-order valence-electron chi connectivity index (χ1n) is 2.98. The normalized spacial score (nSPS) is 10.0. The fourth-order valence-electron chi connectivity index (χ4n) is 0.569. The van der Waals surface area contributed by atoms with Crippen LogP contribution >= 0.6 is 0 Å². The molecule has 0 aliphatic rings. The van der Waals surface area contributed by atoms with Crippen molar-refractivity contribution in [3.05, 3.63) is 37.2 Å². The minimum absolute atomic E-state index is 0.849. The second-order valence-corrected chi connectivity index (χ2v) is 1.73. The van der Waals surface area contributed by atoms with E-state index in [1.807, 2.05) is 12.1 Å². The quantitative estimate of drug-likeness (QED) is 0.565. The molecule has 50 valence electrons. The van der Waals surface area contributed by atoms with Gasteiger partial charge in [-0.15, -0.1) is 0 Å². The Morgan fingerprint density at radius 2 is 2.50 bits per heavy atom. The van der Waals surface area contributed by atoms with Crippen LogP contribution in [0, 0.1) is 0 Å². The van der Waals surface area contributed by atoms with Crippen molar-refractivity contribution in [2.24, 2.45) is 4.99 Å². The Balaban J connectivity index is 2.76. The van der Waals surface area contributed by atoms with Gasteiger partial charge in [0.1, 0.15) is 0 Å². The lowest BCUT2D eigenvalue weighted by molar-refractivity contribution is 1.31. The summed E-state index contributed by atoms with van der Waals surface area (Å²) in [6, 6.07) is 3.72. The molecule has 0 saturated carbocycles. The molecule has 0 fully saturated rings. The van der Waals surface area contributed by atoms with Crippen LogP contribution in [0.4, 0.5) is 5.69 Å². The summed E-state index contributed by atoms with van der Waals surface area (Å²) >= 11 is 0. The van der Waals surface area contributed by atoms with Crippen molar-refractivity contribution in [1.29, 1.82) is 0 Å². The standard InChI is InChI=1S/C8H8N2/c1-2-5-10-8-4-3-6-9-7-8/h2-7H,1H2. The topological polar surface area (TPSA) is 25.2 Å². The highest BCUT2D eigenvalue weighted by Gasteiger charge is 1.80. The third kappa shape index (κ3) is 1.82. The molecular weight excluding hydrogens is 124 g/mol. The molecule has 0 saturated heterocycles. The maximum Gasteiger partial charge on any atom is 0.0812 e. The van der Waals surface area contributed by atoms with Gasteiger partial charge in [0.05, 0.1) is 11.9 Å². The summed E-state index contributed by atoms with van der Waals surface area (Å²) in [6.45, 7) is 3.51. The predicted octanol–water partition coefficient (Wildman–Crippen LogP) is 1.97. The first-order valence-corrected chi connectivity index (χ1v) is 2.98. The summed E-state index contributed by atoms with van der Waals surface area (Å²) in [4.78, 5) is 7.91. The lowest BCUT2D eigenvalue weighted by atomic mass is 10.4. The van der Waals surface area contributed by atoms with E-state index < -0.39 is 0 Å². The molecule has 0 aromatic carbocycles. The van der Waals surface area contributed by atoms with Crippen molar-refractivity contribution in [2.75, 3.05) is 0 Å². The zero-order valence-electron chi connectivity index (χ0n) is 5.57. The third-order valence-corrected chi connectivity index (χ3v) is 0.975. The Hall–Kier alpha value is -1.44. The molecule has 2 nitrogen and oxygen atoms in total. The number of hydrogen-bond acceptors (Lipinski definition) is 2. The molecule has 0 atom stereocenters. The van der Waals surface area contributed by atoms with Gasteiger partial charge in [-0.1, -0.05) is 12.7 Å². The molecule has 0 aliphatic heterocycles. The molecule has 10 heavy (non-hydrogen) atoms. The van der Waals surface area contributed by atoms with E-state index in [4.69, 9.17) is 0 Å². The monoisotopic (exact) mass is 132 g/mol. The lowest BCUT2D eigenvalue weighted by Gasteiger charge is -1.86. The van der Waals surface area contributed by atoms with Crippen LogP contribution in [0.15, 0.2) is 42.2 Å². The second kappa shape index (κ2) is 3.56. The number of nitrogens with zero attached hydrogens (tertiary/aromatic N) is 2. The highest BCUT2D eigenvalue weighted by atomic mass is 14.8. The Labute approximate surface area is 60.0 Å². The van der Waals surface area contributed by atoms with Gasteiger partial charge < -0.3 is 0 Å². The van der Waals surface area contributed by atoms with Crippen LogP contribution in [0.5, 0.6) is 0 Å². The summed E-state index contributed by atoms with van der Waals surface area (Å²) in [5.41, 5.74) is 0.849. The second-order valence-electron chi connectivity index (χ2n) is 1.73. The fourth-order valence-corrected chi connectivity index (χ4v) is 0.569. The van der Waals surface area contributed by atoms with Gasteiger partial charge in [-0.05, 0) is 12.1 Å². The Kier molecular flexibility index (Phi) is 2.38.